The number of carboxylic acids is 1. The molecule has 8 heteroatoms. The minimum atomic E-state index is -1.19. The third-order valence-corrected chi connectivity index (χ3v) is 7.51. The Hall–Kier alpha value is -3.00. The molecule has 2 aliphatic rings. The zero-order valence-electron chi connectivity index (χ0n) is 18.3. The van der Waals surface area contributed by atoms with E-state index in [0.29, 0.717) is 11.8 Å². The van der Waals surface area contributed by atoms with Gasteiger partial charge in [0.25, 0.3) is 0 Å². The van der Waals surface area contributed by atoms with Gasteiger partial charge in [0.2, 0.25) is 5.91 Å². The summed E-state index contributed by atoms with van der Waals surface area (Å²) in [7, 11) is 0. The van der Waals surface area contributed by atoms with Crippen LogP contribution in [0.2, 0.25) is 0 Å². The number of carbonyl (C=O) groups is 3. The van der Waals surface area contributed by atoms with Crippen LogP contribution in [0.25, 0.3) is 11.1 Å². The molecule has 33 heavy (non-hydrogen) atoms. The molecule has 1 heterocycles. The van der Waals surface area contributed by atoms with Gasteiger partial charge in [-0.25, -0.2) is 4.79 Å². The average Bonchev–Trinajstić information content (AvgIpc) is 3.15. The third kappa shape index (κ3) is 5.68. The Bertz CT molecular complexity index is 976. The molecule has 1 fully saturated rings. The Morgan fingerprint density at radius 2 is 1.70 bits per heavy atom. The van der Waals surface area contributed by atoms with Gasteiger partial charge in [-0.2, -0.15) is 11.8 Å². The third-order valence-electron chi connectivity index (χ3n) is 6.11. The van der Waals surface area contributed by atoms with Crippen molar-refractivity contribution in [3.05, 3.63) is 59.7 Å². The van der Waals surface area contributed by atoms with Gasteiger partial charge >= 0.3 is 12.1 Å². The van der Waals surface area contributed by atoms with E-state index in [-0.39, 0.29) is 12.5 Å². The minimum absolute atomic E-state index is 0.0972. The number of fused-ring (bicyclic) bond motifs is 3. The van der Waals surface area contributed by atoms with Gasteiger partial charge in [-0.15, -0.1) is 0 Å². The number of thioether (sulfide) groups is 1. The molecule has 1 aliphatic heterocycles. The lowest BCUT2D eigenvalue weighted by molar-refractivity contribution is -0.139. The Labute approximate surface area is 197 Å². The highest BCUT2D eigenvalue weighted by Crippen LogP contribution is 2.44. The number of aliphatic carboxylic acids is 1. The summed E-state index contributed by atoms with van der Waals surface area (Å²) in [6, 6.07) is 14.8. The van der Waals surface area contributed by atoms with Crippen molar-refractivity contribution in [2.45, 2.75) is 42.9 Å². The molecule has 2 aromatic rings. The van der Waals surface area contributed by atoms with Crippen molar-refractivity contribution in [2.75, 3.05) is 18.9 Å². The highest BCUT2D eigenvalue weighted by atomic mass is 32.2. The molecule has 0 spiro atoms. The lowest BCUT2D eigenvalue weighted by Gasteiger charge is -2.23. The van der Waals surface area contributed by atoms with Gasteiger partial charge in [-0.3, -0.25) is 9.59 Å². The summed E-state index contributed by atoms with van der Waals surface area (Å²) >= 11 is 1.81. The topological polar surface area (TPSA) is 105 Å². The first kappa shape index (κ1) is 23.2. The van der Waals surface area contributed by atoms with E-state index >= 15 is 0 Å². The molecule has 4 rings (SSSR count). The second-order valence-electron chi connectivity index (χ2n) is 8.35. The van der Waals surface area contributed by atoms with Gasteiger partial charge in [0.15, 0.2) is 0 Å². The number of hydrogen-bond donors (Lipinski definition) is 3. The van der Waals surface area contributed by atoms with Crippen molar-refractivity contribution >= 4 is 29.7 Å². The quantitative estimate of drug-likeness (QED) is 0.545. The second-order valence-corrected chi connectivity index (χ2v) is 9.76. The van der Waals surface area contributed by atoms with Crippen molar-refractivity contribution in [1.82, 2.24) is 10.6 Å². The Balaban J connectivity index is 1.35. The maximum atomic E-state index is 12.6. The van der Waals surface area contributed by atoms with Crippen LogP contribution in [0, 0.1) is 0 Å². The lowest BCUT2D eigenvalue weighted by atomic mass is 9.98. The van der Waals surface area contributed by atoms with Gasteiger partial charge in [0.05, 0.1) is 6.42 Å². The predicted octanol–water partition coefficient (Wildman–Crippen LogP) is 3.77. The zero-order valence-corrected chi connectivity index (χ0v) is 19.1. The SMILES string of the molecule is O=C(O)CC(NC(=O)OCC1c2ccccc2-c2ccccc21)C(=O)NCC1CCCCS1. The molecular formula is C25H28N2O5S. The van der Waals surface area contributed by atoms with E-state index in [1.54, 1.807) is 0 Å². The van der Waals surface area contributed by atoms with Gasteiger partial charge in [0, 0.05) is 17.7 Å². The fraction of sp³-hybridized carbons (Fsp3) is 0.400. The van der Waals surface area contributed by atoms with Gasteiger partial charge < -0.3 is 20.5 Å². The van der Waals surface area contributed by atoms with Crippen LogP contribution in [0.4, 0.5) is 4.79 Å². The van der Waals surface area contributed by atoms with Crippen LogP contribution in [-0.2, 0) is 14.3 Å². The molecule has 0 aromatic heterocycles. The fourth-order valence-electron chi connectivity index (χ4n) is 4.47. The second kappa shape index (κ2) is 10.7. The van der Waals surface area contributed by atoms with Gasteiger partial charge in [-0.05, 0) is 40.8 Å². The number of hydrogen-bond acceptors (Lipinski definition) is 5. The van der Waals surface area contributed by atoms with Crippen molar-refractivity contribution in [3.63, 3.8) is 0 Å². The number of alkyl carbamates (subject to hydrolysis) is 1. The standard InChI is InChI=1S/C25H28N2O5S/c28-23(29)13-22(24(30)26-14-16-7-5-6-12-33-16)27-25(31)32-15-21-19-10-3-1-8-17(19)18-9-2-4-11-20(18)21/h1-4,8-11,16,21-22H,5-7,12-15H2,(H,26,30)(H,27,31)(H,28,29). The first-order chi connectivity index (χ1) is 16.0. The molecule has 1 saturated heterocycles. The minimum Gasteiger partial charge on any atom is -0.481 e. The van der Waals surface area contributed by atoms with E-state index in [4.69, 9.17) is 4.74 Å². The monoisotopic (exact) mass is 468 g/mol. The van der Waals surface area contributed by atoms with E-state index < -0.39 is 30.4 Å². The summed E-state index contributed by atoms with van der Waals surface area (Å²) in [6.07, 6.45) is 2.03. The molecule has 0 bridgehead atoms. The smallest absolute Gasteiger partial charge is 0.407 e. The molecular weight excluding hydrogens is 440 g/mol. The number of carboxylic acid groups (broad SMARTS) is 1. The van der Waals surface area contributed by atoms with Crippen LogP contribution in [0.15, 0.2) is 48.5 Å². The predicted molar refractivity (Wildman–Crippen MR) is 127 cm³/mol. The summed E-state index contributed by atoms with van der Waals surface area (Å²) in [5, 5.41) is 14.8. The number of ether oxygens (including phenoxy) is 1. The summed E-state index contributed by atoms with van der Waals surface area (Å²) in [5.74, 6) is -0.715. The largest absolute Gasteiger partial charge is 0.481 e. The number of carbonyl (C=O) groups excluding carboxylic acids is 2. The Morgan fingerprint density at radius 1 is 1.03 bits per heavy atom. The van der Waals surface area contributed by atoms with Crippen LogP contribution >= 0.6 is 11.8 Å². The summed E-state index contributed by atoms with van der Waals surface area (Å²) in [6.45, 7) is 0.561. The van der Waals surface area contributed by atoms with E-state index in [0.717, 1.165) is 40.8 Å². The van der Waals surface area contributed by atoms with Crippen LogP contribution < -0.4 is 10.6 Å². The molecule has 0 saturated carbocycles. The maximum absolute atomic E-state index is 12.6. The number of rotatable bonds is 8. The van der Waals surface area contributed by atoms with Crippen LogP contribution in [0.5, 0.6) is 0 Å². The zero-order chi connectivity index (χ0) is 23.2. The molecule has 174 valence electrons. The molecule has 1 aliphatic carbocycles. The summed E-state index contributed by atoms with van der Waals surface area (Å²) < 4.78 is 5.47. The number of nitrogens with one attached hydrogen (secondary N) is 2. The van der Waals surface area contributed by atoms with Crippen LogP contribution in [0.1, 0.15) is 42.7 Å². The highest BCUT2D eigenvalue weighted by Gasteiger charge is 2.30. The van der Waals surface area contributed by atoms with Crippen molar-refractivity contribution in [3.8, 4) is 11.1 Å². The van der Waals surface area contributed by atoms with E-state index in [1.165, 1.54) is 6.42 Å². The maximum Gasteiger partial charge on any atom is 0.407 e. The van der Waals surface area contributed by atoms with Crippen molar-refractivity contribution in [2.24, 2.45) is 0 Å². The van der Waals surface area contributed by atoms with Crippen LogP contribution in [0.3, 0.4) is 0 Å². The van der Waals surface area contributed by atoms with Gasteiger partial charge in [0.1, 0.15) is 12.6 Å². The molecule has 0 radical (unpaired) electrons. The Kier molecular flexibility index (Phi) is 7.54. The van der Waals surface area contributed by atoms with Crippen molar-refractivity contribution < 1.29 is 24.2 Å². The van der Waals surface area contributed by atoms with E-state index in [2.05, 4.69) is 10.6 Å². The van der Waals surface area contributed by atoms with Crippen molar-refractivity contribution in [1.29, 1.82) is 0 Å². The summed E-state index contributed by atoms with van der Waals surface area (Å²) in [5.41, 5.74) is 4.39. The first-order valence-corrected chi connectivity index (χ1v) is 12.3. The lowest BCUT2D eigenvalue weighted by Crippen LogP contribution is -2.49. The normalized spacial score (nSPS) is 18.0. The molecule has 2 unspecified atom stereocenters. The Morgan fingerprint density at radius 3 is 2.30 bits per heavy atom. The highest BCUT2D eigenvalue weighted by molar-refractivity contribution is 7.99. The molecule has 2 atom stereocenters. The van der Waals surface area contributed by atoms with E-state index in [1.807, 2.05) is 60.3 Å². The number of amides is 2. The first-order valence-electron chi connectivity index (χ1n) is 11.3. The average molecular weight is 469 g/mol. The summed E-state index contributed by atoms with van der Waals surface area (Å²) in [4.78, 5) is 36.4. The van der Waals surface area contributed by atoms with Crippen LogP contribution in [-0.4, -0.2) is 53.3 Å². The van der Waals surface area contributed by atoms with Gasteiger partial charge in [-0.1, -0.05) is 55.0 Å². The molecule has 7 nitrogen and oxygen atoms in total. The fourth-order valence-corrected chi connectivity index (χ4v) is 5.71. The molecule has 2 amide bonds. The molecule has 3 N–H and O–H groups in total. The van der Waals surface area contributed by atoms with E-state index in [9.17, 15) is 19.5 Å². The number of benzene rings is 2. The molecule has 2 aromatic carbocycles.